The number of para-hydroxylation sites is 1. The van der Waals surface area contributed by atoms with Crippen LogP contribution in [0.2, 0.25) is 0 Å². The van der Waals surface area contributed by atoms with Gasteiger partial charge in [-0.05, 0) is 24.3 Å². The van der Waals surface area contributed by atoms with E-state index in [0.29, 0.717) is 6.67 Å². The minimum absolute atomic E-state index is 0.705. The molecule has 4 heteroatoms. The number of fused-ring (bicyclic) bond motifs is 1. The minimum atomic E-state index is 0.705. The van der Waals surface area contributed by atoms with Crippen LogP contribution in [0.3, 0.4) is 0 Å². The largest absolute Gasteiger partial charge is 0.356 e. The number of hydrazine groups is 1. The average Bonchev–Trinajstić information content (AvgIpc) is 2.40. The summed E-state index contributed by atoms with van der Waals surface area (Å²) in [4.78, 5) is 0. The SMILES string of the molecule is C1=CC2=C(Nc3ccccc3)NCNN2C=C1. The molecule has 3 rings (SSSR count). The molecule has 0 bridgehead atoms. The second kappa shape index (κ2) is 4.35. The molecule has 1 aromatic rings. The summed E-state index contributed by atoms with van der Waals surface area (Å²) in [6.45, 7) is 0.705. The van der Waals surface area contributed by atoms with Gasteiger partial charge < -0.3 is 10.6 Å². The molecule has 0 fully saturated rings. The summed E-state index contributed by atoms with van der Waals surface area (Å²) in [5, 5.41) is 8.68. The fraction of sp³-hybridized carbons (Fsp3) is 0.0769. The van der Waals surface area contributed by atoms with Crippen molar-refractivity contribution >= 4 is 5.69 Å². The molecule has 2 aliphatic heterocycles. The van der Waals surface area contributed by atoms with Crippen molar-refractivity contribution in [3.05, 3.63) is 66.3 Å². The van der Waals surface area contributed by atoms with Crippen LogP contribution in [-0.2, 0) is 0 Å². The van der Waals surface area contributed by atoms with Gasteiger partial charge in [-0.3, -0.25) is 5.01 Å². The molecule has 0 spiro atoms. The lowest BCUT2D eigenvalue weighted by molar-refractivity contribution is 0.306. The number of benzene rings is 1. The molecular weight excluding hydrogens is 212 g/mol. The molecule has 3 N–H and O–H groups in total. The van der Waals surface area contributed by atoms with E-state index < -0.39 is 0 Å². The number of anilines is 1. The summed E-state index contributed by atoms with van der Waals surface area (Å²) in [5.41, 5.74) is 5.39. The zero-order valence-corrected chi connectivity index (χ0v) is 9.35. The maximum atomic E-state index is 3.38. The summed E-state index contributed by atoms with van der Waals surface area (Å²) in [5.74, 6) is 1.01. The molecule has 0 saturated carbocycles. The molecule has 0 aliphatic carbocycles. The molecule has 0 atom stereocenters. The summed E-state index contributed by atoms with van der Waals surface area (Å²) < 4.78 is 0. The Kier molecular flexibility index (Phi) is 2.55. The quantitative estimate of drug-likeness (QED) is 0.718. The predicted molar refractivity (Wildman–Crippen MR) is 68.3 cm³/mol. The number of rotatable bonds is 2. The van der Waals surface area contributed by atoms with Crippen molar-refractivity contribution in [2.45, 2.75) is 0 Å². The van der Waals surface area contributed by atoms with E-state index in [1.54, 1.807) is 0 Å². The molecule has 0 amide bonds. The Morgan fingerprint density at radius 3 is 2.88 bits per heavy atom. The highest BCUT2D eigenvalue weighted by Gasteiger charge is 2.16. The molecule has 1 aromatic carbocycles. The normalized spacial score (nSPS) is 17.8. The van der Waals surface area contributed by atoms with Crippen LogP contribution in [0.25, 0.3) is 0 Å². The third-order valence-corrected chi connectivity index (χ3v) is 2.67. The lowest BCUT2D eigenvalue weighted by Crippen LogP contribution is -2.47. The molecular formula is C13H14N4. The molecule has 0 radical (unpaired) electrons. The molecule has 0 unspecified atom stereocenters. The van der Waals surface area contributed by atoms with E-state index >= 15 is 0 Å². The number of allylic oxidation sites excluding steroid dienone is 3. The Hall–Kier alpha value is -2.20. The van der Waals surface area contributed by atoms with E-state index in [-0.39, 0.29) is 0 Å². The van der Waals surface area contributed by atoms with Crippen LogP contribution >= 0.6 is 0 Å². The van der Waals surface area contributed by atoms with Crippen LogP contribution in [0.5, 0.6) is 0 Å². The summed E-state index contributed by atoms with van der Waals surface area (Å²) in [6.07, 6.45) is 8.09. The molecule has 86 valence electrons. The highest BCUT2D eigenvalue weighted by molar-refractivity contribution is 5.50. The third-order valence-electron chi connectivity index (χ3n) is 2.67. The second-order valence-corrected chi connectivity index (χ2v) is 3.83. The van der Waals surface area contributed by atoms with E-state index in [1.165, 1.54) is 0 Å². The van der Waals surface area contributed by atoms with Crippen LogP contribution < -0.4 is 16.1 Å². The van der Waals surface area contributed by atoms with Crippen LogP contribution in [0.15, 0.2) is 66.3 Å². The van der Waals surface area contributed by atoms with E-state index in [1.807, 2.05) is 53.7 Å². The van der Waals surface area contributed by atoms with Crippen molar-refractivity contribution in [2.75, 3.05) is 12.0 Å². The van der Waals surface area contributed by atoms with Gasteiger partial charge in [0, 0.05) is 11.9 Å². The maximum Gasteiger partial charge on any atom is 0.130 e. The Bertz CT molecular complexity index is 487. The smallest absolute Gasteiger partial charge is 0.130 e. The van der Waals surface area contributed by atoms with E-state index in [2.05, 4.69) is 22.1 Å². The van der Waals surface area contributed by atoms with E-state index in [4.69, 9.17) is 0 Å². The lowest BCUT2D eigenvalue weighted by atomic mass is 10.2. The summed E-state index contributed by atoms with van der Waals surface area (Å²) in [7, 11) is 0. The molecule has 0 saturated heterocycles. The molecule has 17 heavy (non-hydrogen) atoms. The Morgan fingerprint density at radius 2 is 2.00 bits per heavy atom. The lowest BCUT2D eigenvalue weighted by Gasteiger charge is -2.32. The second-order valence-electron chi connectivity index (χ2n) is 3.83. The van der Waals surface area contributed by atoms with Gasteiger partial charge >= 0.3 is 0 Å². The first-order chi connectivity index (χ1) is 8.43. The van der Waals surface area contributed by atoms with Crippen LogP contribution in [0.4, 0.5) is 5.69 Å². The zero-order valence-electron chi connectivity index (χ0n) is 9.35. The van der Waals surface area contributed by atoms with Gasteiger partial charge in [-0.1, -0.05) is 24.3 Å². The molecule has 2 aliphatic rings. The van der Waals surface area contributed by atoms with Gasteiger partial charge in [-0.15, -0.1) is 0 Å². The van der Waals surface area contributed by atoms with Crippen LogP contribution in [0, 0.1) is 0 Å². The van der Waals surface area contributed by atoms with Crippen molar-refractivity contribution in [3.8, 4) is 0 Å². The third kappa shape index (κ3) is 2.03. The first kappa shape index (κ1) is 9.99. The fourth-order valence-corrected chi connectivity index (χ4v) is 1.86. The van der Waals surface area contributed by atoms with Crippen LogP contribution in [0.1, 0.15) is 0 Å². The Morgan fingerprint density at radius 1 is 1.12 bits per heavy atom. The maximum absolute atomic E-state index is 3.38. The number of nitrogens with zero attached hydrogens (tertiary/aromatic N) is 1. The summed E-state index contributed by atoms with van der Waals surface area (Å²) in [6, 6.07) is 10.1. The van der Waals surface area contributed by atoms with Crippen molar-refractivity contribution in [2.24, 2.45) is 0 Å². The van der Waals surface area contributed by atoms with Gasteiger partial charge in [0.2, 0.25) is 0 Å². The van der Waals surface area contributed by atoms with Crippen molar-refractivity contribution in [3.63, 3.8) is 0 Å². The van der Waals surface area contributed by atoms with Crippen molar-refractivity contribution in [1.82, 2.24) is 15.8 Å². The Balaban J connectivity index is 1.89. The van der Waals surface area contributed by atoms with Gasteiger partial charge in [0.15, 0.2) is 0 Å². The highest BCUT2D eigenvalue weighted by atomic mass is 15.6. The number of hydrogen-bond donors (Lipinski definition) is 3. The zero-order chi connectivity index (χ0) is 11.5. The van der Waals surface area contributed by atoms with Gasteiger partial charge in [0.1, 0.15) is 5.82 Å². The first-order valence-electron chi connectivity index (χ1n) is 5.61. The highest BCUT2D eigenvalue weighted by Crippen LogP contribution is 2.18. The standard InChI is InChI=1S/C13H14N4/c1-2-6-11(7-3-1)16-13-12-8-4-5-9-17(12)15-10-14-13/h1-9,14-16H,10H2. The van der Waals surface area contributed by atoms with E-state index in [9.17, 15) is 0 Å². The van der Waals surface area contributed by atoms with Crippen molar-refractivity contribution < 1.29 is 0 Å². The first-order valence-corrected chi connectivity index (χ1v) is 5.61. The number of nitrogens with one attached hydrogen (secondary N) is 3. The van der Waals surface area contributed by atoms with Crippen molar-refractivity contribution in [1.29, 1.82) is 0 Å². The molecule has 4 nitrogen and oxygen atoms in total. The number of hydrogen-bond acceptors (Lipinski definition) is 4. The monoisotopic (exact) mass is 226 g/mol. The van der Waals surface area contributed by atoms with Gasteiger partial charge in [-0.2, -0.15) is 0 Å². The average molecular weight is 226 g/mol. The van der Waals surface area contributed by atoms with E-state index in [0.717, 1.165) is 17.2 Å². The minimum Gasteiger partial charge on any atom is -0.356 e. The Labute approximate surface area is 100 Å². The van der Waals surface area contributed by atoms with Gasteiger partial charge in [0.05, 0.1) is 12.4 Å². The molecule has 2 heterocycles. The predicted octanol–water partition coefficient (Wildman–Crippen LogP) is 1.72. The summed E-state index contributed by atoms with van der Waals surface area (Å²) >= 11 is 0. The fourth-order valence-electron chi connectivity index (χ4n) is 1.86. The van der Waals surface area contributed by atoms with Gasteiger partial charge in [0.25, 0.3) is 0 Å². The van der Waals surface area contributed by atoms with Gasteiger partial charge in [-0.25, -0.2) is 5.43 Å². The van der Waals surface area contributed by atoms with Crippen LogP contribution in [-0.4, -0.2) is 11.7 Å². The topological polar surface area (TPSA) is 39.3 Å². The molecule has 0 aromatic heterocycles.